The summed E-state index contributed by atoms with van der Waals surface area (Å²) in [6, 6.07) is 6.14. The smallest absolute Gasteiger partial charge is 0.216 e. The molecule has 1 rings (SSSR count). The lowest BCUT2D eigenvalue weighted by molar-refractivity contribution is 0.597. The largest absolute Gasteiger partial charge is 0.264 e. The highest BCUT2D eigenvalue weighted by Crippen LogP contribution is 2.18. The summed E-state index contributed by atoms with van der Waals surface area (Å²) in [5.74, 6) is 0. The van der Waals surface area contributed by atoms with E-state index < -0.39 is 10.0 Å². The van der Waals surface area contributed by atoms with E-state index in [-0.39, 0.29) is 4.90 Å². The quantitative estimate of drug-likeness (QED) is 0.345. The van der Waals surface area contributed by atoms with Gasteiger partial charge in [0, 0.05) is 14.3 Å². The SMILES string of the molecule is CSc1ccc(S(=O)(=O)N=[N+]=[N-])cc1. The summed E-state index contributed by atoms with van der Waals surface area (Å²) in [4.78, 5) is 3.21. The Hall–Kier alpha value is -1.17. The lowest BCUT2D eigenvalue weighted by atomic mass is 10.4. The van der Waals surface area contributed by atoms with Crippen LogP contribution in [0.15, 0.2) is 38.6 Å². The highest BCUT2D eigenvalue weighted by Gasteiger charge is 2.10. The first-order valence-electron chi connectivity index (χ1n) is 3.55. The summed E-state index contributed by atoms with van der Waals surface area (Å²) < 4.78 is 25.1. The number of azide groups is 1. The number of rotatable bonds is 3. The number of benzene rings is 1. The summed E-state index contributed by atoms with van der Waals surface area (Å²) in [5, 5.41) is 0. The van der Waals surface area contributed by atoms with Crippen LogP contribution < -0.4 is 0 Å². The number of sulfonamides is 1. The molecule has 74 valence electrons. The molecule has 5 nitrogen and oxygen atoms in total. The molecule has 7 heteroatoms. The summed E-state index contributed by atoms with van der Waals surface area (Å²) >= 11 is 1.50. The van der Waals surface area contributed by atoms with Crippen molar-refractivity contribution in [1.29, 1.82) is 0 Å². The van der Waals surface area contributed by atoms with Crippen molar-refractivity contribution in [2.45, 2.75) is 9.79 Å². The van der Waals surface area contributed by atoms with Gasteiger partial charge in [0.2, 0.25) is 0 Å². The van der Waals surface area contributed by atoms with E-state index in [0.717, 1.165) is 4.90 Å². The zero-order valence-corrected chi connectivity index (χ0v) is 8.92. The first-order valence-corrected chi connectivity index (χ1v) is 6.22. The van der Waals surface area contributed by atoms with Gasteiger partial charge >= 0.3 is 0 Å². The fourth-order valence-electron chi connectivity index (χ4n) is 0.843. The van der Waals surface area contributed by atoms with E-state index in [1.165, 1.54) is 23.9 Å². The zero-order chi connectivity index (χ0) is 10.6. The zero-order valence-electron chi connectivity index (χ0n) is 7.28. The average molecular weight is 229 g/mol. The molecule has 14 heavy (non-hydrogen) atoms. The molecule has 1 aromatic carbocycles. The van der Waals surface area contributed by atoms with Crippen LogP contribution in [0.25, 0.3) is 10.4 Å². The summed E-state index contributed by atoms with van der Waals surface area (Å²) in [7, 11) is -3.84. The molecule has 0 fully saturated rings. The Morgan fingerprint density at radius 2 is 1.93 bits per heavy atom. The van der Waals surface area contributed by atoms with Crippen LogP contribution in [0.2, 0.25) is 0 Å². The minimum Gasteiger partial charge on any atom is -0.216 e. The molecule has 0 spiro atoms. The number of hydrogen-bond donors (Lipinski definition) is 0. The molecule has 0 saturated heterocycles. The van der Waals surface area contributed by atoms with Crippen molar-refractivity contribution in [3.05, 3.63) is 34.7 Å². The van der Waals surface area contributed by atoms with E-state index in [4.69, 9.17) is 5.53 Å². The van der Waals surface area contributed by atoms with Gasteiger partial charge in [-0.3, -0.25) is 0 Å². The van der Waals surface area contributed by atoms with Crippen molar-refractivity contribution >= 4 is 21.8 Å². The van der Waals surface area contributed by atoms with E-state index in [0.29, 0.717) is 0 Å². The van der Waals surface area contributed by atoms with Crippen LogP contribution in [0.3, 0.4) is 0 Å². The molecule has 0 aliphatic rings. The average Bonchev–Trinajstić information content (AvgIpc) is 2.18. The van der Waals surface area contributed by atoms with Crippen molar-refractivity contribution in [2.24, 2.45) is 4.52 Å². The Morgan fingerprint density at radius 1 is 1.36 bits per heavy atom. The monoisotopic (exact) mass is 229 g/mol. The topological polar surface area (TPSA) is 82.9 Å². The second-order valence-electron chi connectivity index (χ2n) is 2.32. The lowest BCUT2D eigenvalue weighted by Crippen LogP contribution is -1.94. The molecule has 1 aromatic rings. The Morgan fingerprint density at radius 3 is 2.36 bits per heavy atom. The predicted molar refractivity (Wildman–Crippen MR) is 54.6 cm³/mol. The highest BCUT2D eigenvalue weighted by atomic mass is 32.2. The maximum absolute atomic E-state index is 11.2. The minimum atomic E-state index is -3.84. The van der Waals surface area contributed by atoms with Crippen molar-refractivity contribution in [3.63, 3.8) is 0 Å². The molecule has 0 atom stereocenters. The van der Waals surface area contributed by atoms with Gasteiger partial charge in [-0.05, 0) is 36.1 Å². The van der Waals surface area contributed by atoms with Gasteiger partial charge in [-0.1, -0.05) is 0 Å². The van der Waals surface area contributed by atoms with Crippen LogP contribution in [0, 0.1) is 0 Å². The van der Waals surface area contributed by atoms with Gasteiger partial charge in [0.1, 0.15) is 0 Å². The van der Waals surface area contributed by atoms with Gasteiger partial charge in [-0.15, -0.1) is 11.8 Å². The normalized spacial score (nSPS) is 10.6. The van der Waals surface area contributed by atoms with Crippen LogP contribution in [0.1, 0.15) is 0 Å². The van der Waals surface area contributed by atoms with Crippen molar-refractivity contribution in [3.8, 4) is 0 Å². The maximum atomic E-state index is 11.2. The standard InChI is InChI=1S/C7H7N3O2S2/c1-13-6-2-4-7(5-3-6)14(11,12)10-9-8/h2-5H,1H3. The molecule has 0 aromatic heterocycles. The van der Waals surface area contributed by atoms with Gasteiger partial charge in [0.05, 0.1) is 4.90 Å². The third kappa shape index (κ3) is 2.41. The molecule has 0 amide bonds. The van der Waals surface area contributed by atoms with E-state index in [1.54, 1.807) is 12.1 Å². The second-order valence-corrected chi connectivity index (χ2v) is 4.79. The molecule has 0 radical (unpaired) electrons. The van der Waals surface area contributed by atoms with Crippen LogP contribution in [-0.4, -0.2) is 14.7 Å². The number of hydrogen-bond acceptors (Lipinski definition) is 3. The third-order valence-electron chi connectivity index (χ3n) is 1.50. The predicted octanol–water partition coefficient (Wildman–Crippen LogP) is 2.41. The van der Waals surface area contributed by atoms with Gasteiger partial charge in [0.15, 0.2) is 0 Å². The molecular formula is C7H7N3O2S2. The third-order valence-corrected chi connectivity index (χ3v) is 3.40. The van der Waals surface area contributed by atoms with Crippen molar-refractivity contribution < 1.29 is 8.42 Å². The first-order chi connectivity index (χ1) is 6.60. The van der Waals surface area contributed by atoms with Gasteiger partial charge in [0.25, 0.3) is 10.0 Å². The number of thioether (sulfide) groups is 1. The van der Waals surface area contributed by atoms with Crippen LogP contribution in [-0.2, 0) is 10.0 Å². The molecule has 0 aliphatic heterocycles. The first kappa shape index (κ1) is 10.9. The van der Waals surface area contributed by atoms with Crippen molar-refractivity contribution in [1.82, 2.24) is 0 Å². The molecule has 0 bridgehead atoms. The molecule has 0 heterocycles. The van der Waals surface area contributed by atoms with Crippen LogP contribution >= 0.6 is 11.8 Å². The molecule has 0 saturated carbocycles. The van der Waals surface area contributed by atoms with E-state index in [9.17, 15) is 8.42 Å². The minimum absolute atomic E-state index is 0.00750. The Labute approximate surface area is 85.8 Å². The Balaban J connectivity index is 3.16. The Kier molecular flexibility index (Phi) is 3.40. The Bertz CT molecular complexity index is 460. The molecular weight excluding hydrogens is 222 g/mol. The summed E-state index contributed by atoms with van der Waals surface area (Å²) in [6.07, 6.45) is 1.89. The second kappa shape index (κ2) is 4.36. The van der Waals surface area contributed by atoms with E-state index >= 15 is 0 Å². The summed E-state index contributed by atoms with van der Waals surface area (Å²) in [5.41, 5.74) is 8.04. The van der Waals surface area contributed by atoms with E-state index in [2.05, 4.69) is 9.43 Å². The van der Waals surface area contributed by atoms with Gasteiger partial charge < -0.3 is 0 Å². The maximum Gasteiger partial charge on any atom is 0.264 e. The lowest BCUT2D eigenvalue weighted by Gasteiger charge is -1.98. The highest BCUT2D eigenvalue weighted by molar-refractivity contribution is 7.98. The fraction of sp³-hybridized carbons (Fsp3) is 0.143. The molecule has 0 aliphatic carbocycles. The summed E-state index contributed by atoms with van der Waals surface area (Å²) in [6.45, 7) is 0. The van der Waals surface area contributed by atoms with Gasteiger partial charge in [-0.25, -0.2) is 8.42 Å². The number of nitrogens with zero attached hydrogens (tertiary/aromatic N) is 3. The van der Waals surface area contributed by atoms with Crippen LogP contribution in [0.4, 0.5) is 0 Å². The van der Waals surface area contributed by atoms with E-state index in [1.807, 2.05) is 6.26 Å². The van der Waals surface area contributed by atoms with Crippen LogP contribution in [0.5, 0.6) is 0 Å². The molecule has 0 unspecified atom stereocenters. The fourth-order valence-corrected chi connectivity index (χ4v) is 1.92. The molecule has 0 N–H and O–H groups in total. The van der Waals surface area contributed by atoms with Crippen molar-refractivity contribution in [2.75, 3.05) is 6.26 Å². The van der Waals surface area contributed by atoms with Gasteiger partial charge in [-0.2, -0.15) is 0 Å².